The van der Waals surface area contributed by atoms with Crippen LogP contribution in [0.5, 0.6) is 0 Å². The number of nitrogens with zero attached hydrogens (tertiary/aromatic N) is 2. The summed E-state index contributed by atoms with van der Waals surface area (Å²) < 4.78 is 11.8. The summed E-state index contributed by atoms with van der Waals surface area (Å²) >= 11 is 0. The summed E-state index contributed by atoms with van der Waals surface area (Å²) in [7, 11) is 0. The molecule has 2 saturated heterocycles. The molecule has 128 valence electrons. The van der Waals surface area contributed by atoms with Crippen molar-refractivity contribution in [1.29, 1.82) is 0 Å². The average molecular weight is 326 g/mol. The Morgan fingerprint density at radius 3 is 2.75 bits per heavy atom. The maximum Gasteiger partial charge on any atom is 0.0901 e. The molecule has 0 saturated carbocycles. The Labute approximate surface area is 143 Å². The number of anilines is 1. The van der Waals surface area contributed by atoms with E-state index in [-0.39, 0.29) is 5.60 Å². The number of aromatic nitrogens is 1. The maximum absolute atomic E-state index is 6.24. The summed E-state index contributed by atoms with van der Waals surface area (Å²) in [4.78, 5) is 7.37. The molecule has 2 aromatic rings. The van der Waals surface area contributed by atoms with Crippen molar-refractivity contribution in [1.82, 2.24) is 4.98 Å². The van der Waals surface area contributed by atoms with Gasteiger partial charge in [0, 0.05) is 50.2 Å². The van der Waals surface area contributed by atoms with Gasteiger partial charge in [-0.3, -0.25) is 4.98 Å². The monoisotopic (exact) mass is 326 g/mol. The van der Waals surface area contributed by atoms with E-state index < -0.39 is 0 Å². The van der Waals surface area contributed by atoms with Gasteiger partial charge < -0.3 is 14.4 Å². The van der Waals surface area contributed by atoms with Gasteiger partial charge in [0.15, 0.2) is 0 Å². The van der Waals surface area contributed by atoms with Crippen LogP contribution in [0, 0.1) is 6.92 Å². The highest BCUT2D eigenvalue weighted by Crippen LogP contribution is 2.37. The maximum atomic E-state index is 6.24. The Balaban J connectivity index is 1.80. The lowest BCUT2D eigenvalue weighted by Gasteiger charge is -2.46. The van der Waals surface area contributed by atoms with Crippen LogP contribution >= 0.6 is 0 Å². The van der Waals surface area contributed by atoms with Gasteiger partial charge in [-0.2, -0.15) is 0 Å². The van der Waals surface area contributed by atoms with E-state index in [1.165, 1.54) is 16.6 Å². The lowest BCUT2D eigenvalue weighted by Crippen LogP contribution is -2.54. The Kier molecular flexibility index (Phi) is 4.19. The summed E-state index contributed by atoms with van der Waals surface area (Å²) in [6.07, 6.45) is 2.99. The van der Waals surface area contributed by atoms with Gasteiger partial charge in [0.1, 0.15) is 0 Å². The minimum atomic E-state index is -0.0419. The fourth-order valence-corrected chi connectivity index (χ4v) is 4.22. The van der Waals surface area contributed by atoms with Crippen molar-refractivity contribution < 1.29 is 9.47 Å². The molecule has 4 heteroatoms. The molecule has 0 aliphatic carbocycles. The molecule has 1 aromatic carbocycles. The number of hydrogen-bond acceptors (Lipinski definition) is 4. The molecule has 0 atom stereocenters. The summed E-state index contributed by atoms with van der Waals surface area (Å²) in [5.41, 5.74) is 4.95. The molecular weight excluding hydrogens is 300 g/mol. The highest BCUT2D eigenvalue weighted by molar-refractivity contribution is 5.94. The number of aryl methyl sites for hydroxylation is 1. The van der Waals surface area contributed by atoms with Crippen LogP contribution in [0.2, 0.25) is 0 Å². The molecule has 2 aliphatic heterocycles. The molecule has 4 rings (SSSR count). The number of benzene rings is 1. The van der Waals surface area contributed by atoms with Crippen LogP contribution in [-0.2, 0) is 15.9 Å². The fourth-order valence-electron chi connectivity index (χ4n) is 4.22. The van der Waals surface area contributed by atoms with Crippen LogP contribution in [-0.4, -0.2) is 43.5 Å². The molecule has 24 heavy (non-hydrogen) atoms. The van der Waals surface area contributed by atoms with Crippen LogP contribution in [0.15, 0.2) is 24.3 Å². The molecular formula is C20H26N2O2. The number of fused-ring (bicyclic) bond motifs is 1. The van der Waals surface area contributed by atoms with Gasteiger partial charge in [-0.25, -0.2) is 0 Å². The fraction of sp³-hybridized carbons (Fsp3) is 0.550. The van der Waals surface area contributed by atoms with Gasteiger partial charge in [-0.1, -0.05) is 25.1 Å². The Bertz CT molecular complexity index is 732. The molecule has 4 nitrogen and oxygen atoms in total. The summed E-state index contributed by atoms with van der Waals surface area (Å²) in [6, 6.07) is 8.52. The van der Waals surface area contributed by atoms with Crippen LogP contribution in [0.4, 0.5) is 5.69 Å². The third-order valence-electron chi connectivity index (χ3n) is 5.49. The Morgan fingerprint density at radius 1 is 1.17 bits per heavy atom. The van der Waals surface area contributed by atoms with Crippen LogP contribution < -0.4 is 4.90 Å². The van der Waals surface area contributed by atoms with E-state index in [9.17, 15) is 0 Å². The molecule has 0 bridgehead atoms. The average Bonchev–Trinajstić information content (AvgIpc) is 2.61. The van der Waals surface area contributed by atoms with E-state index in [2.05, 4.69) is 43.0 Å². The first-order valence-corrected chi connectivity index (χ1v) is 9.07. The van der Waals surface area contributed by atoms with Gasteiger partial charge in [0.25, 0.3) is 0 Å². The first-order chi connectivity index (χ1) is 11.7. The lowest BCUT2D eigenvalue weighted by atomic mass is 9.91. The zero-order valence-corrected chi connectivity index (χ0v) is 14.7. The number of morpholine rings is 1. The SMILES string of the molecule is CCc1c(C)nc2ccccc2c1N1CCOC2(CCOCC2)C1. The molecule has 0 unspecified atom stereocenters. The van der Waals surface area contributed by atoms with Crippen LogP contribution in [0.1, 0.15) is 31.0 Å². The second-order valence-electron chi connectivity index (χ2n) is 6.96. The van der Waals surface area contributed by atoms with Crippen molar-refractivity contribution in [2.24, 2.45) is 0 Å². The van der Waals surface area contributed by atoms with Crippen molar-refractivity contribution in [3.05, 3.63) is 35.5 Å². The highest BCUT2D eigenvalue weighted by Gasteiger charge is 2.39. The van der Waals surface area contributed by atoms with Crippen LogP contribution in [0.25, 0.3) is 10.9 Å². The quantitative estimate of drug-likeness (QED) is 0.846. The largest absolute Gasteiger partial charge is 0.381 e. The predicted molar refractivity (Wildman–Crippen MR) is 96.8 cm³/mol. The Hall–Kier alpha value is -1.65. The molecule has 0 radical (unpaired) electrons. The molecule has 2 fully saturated rings. The zero-order chi connectivity index (χ0) is 16.6. The topological polar surface area (TPSA) is 34.6 Å². The molecule has 0 amide bonds. The molecule has 1 spiro atoms. The van der Waals surface area contributed by atoms with Gasteiger partial charge in [-0.05, 0) is 25.0 Å². The zero-order valence-electron chi connectivity index (χ0n) is 14.7. The van der Waals surface area contributed by atoms with Gasteiger partial charge in [-0.15, -0.1) is 0 Å². The Morgan fingerprint density at radius 2 is 1.96 bits per heavy atom. The van der Waals surface area contributed by atoms with E-state index in [1.807, 2.05) is 0 Å². The molecule has 2 aliphatic rings. The number of hydrogen-bond donors (Lipinski definition) is 0. The second kappa shape index (κ2) is 6.34. The third-order valence-corrected chi connectivity index (χ3v) is 5.49. The number of pyridine rings is 1. The summed E-state index contributed by atoms with van der Waals surface area (Å²) in [5, 5.41) is 1.27. The van der Waals surface area contributed by atoms with Crippen molar-refractivity contribution >= 4 is 16.6 Å². The summed E-state index contributed by atoms with van der Waals surface area (Å²) in [5.74, 6) is 0. The lowest BCUT2D eigenvalue weighted by molar-refractivity contribution is -0.116. The molecule has 0 N–H and O–H groups in total. The van der Waals surface area contributed by atoms with Crippen molar-refractivity contribution in [2.75, 3.05) is 37.8 Å². The van der Waals surface area contributed by atoms with E-state index in [4.69, 9.17) is 14.5 Å². The number of para-hydroxylation sites is 1. The van der Waals surface area contributed by atoms with E-state index >= 15 is 0 Å². The second-order valence-corrected chi connectivity index (χ2v) is 6.96. The number of ether oxygens (including phenoxy) is 2. The highest BCUT2D eigenvalue weighted by atomic mass is 16.5. The van der Waals surface area contributed by atoms with Crippen molar-refractivity contribution in [3.8, 4) is 0 Å². The third kappa shape index (κ3) is 2.68. The minimum absolute atomic E-state index is 0.0419. The van der Waals surface area contributed by atoms with Gasteiger partial charge in [0.05, 0.1) is 23.4 Å². The van der Waals surface area contributed by atoms with Crippen LogP contribution in [0.3, 0.4) is 0 Å². The van der Waals surface area contributed by atoms with E-state index in [1.54, 1.807) is 0 Å². The van der Waals surface area contributed by atoms with E-state index in [0.29, 0.717) is 0 Å². The number of rotatable bonds is 2. The molecule has 1 aromatic heterocycles. The normalized spacial score (nSPS) is 20.7. The standard InChI is InChI=1S/C20H26N2O2/c1-3-16-15(2)21-18-7-5-4-6-17(18)19(16)22-10-13-24-20(14-22)8-11-23-12-9-20/h4-7H,3,8-14H2,1-2H3. The van der Waals surface area contributed by atoms with E-state index in [0.717, 1.165) is 63.4 Å². The molecule has 3 heterocycles. The first kappa shape index (κ1) is 15.9. The minimum Gasteiger partial charge on any atom is -0.381 e. The van der Waals surface area contributed by atoms with Crippen molar-refractivity contribution in [2.45, 2.75) is 38.7 Å². The van der Waals surface area contributed by atoms with Gasteiger partial charge in [0.2, 0.25) is 0 Å². The predicted octanol–water partition coefficient (Wildman–Crippen LogP) is 3.49. The first-order valence-electron chi connectivity index (χ1n) is 9.07. The van der Waals surface area contributed by atoms with Crippen molar-refractivity contribution in [3.63, 3.8) is 0 Å². The summed E-state index contributed by atoms with van der Waals surface area (Å²) in [6.45, 7) is 8.68. The smallest absolute Gasteiger partial charge is 0.0901 e. The van der Waals surface area contributed by atoms with Gasteiger partial charge >= 0.3 is 0 Å².